The second kappa shape index (κ2) is 6.87. The molecule has 0 fully saturated rings. The minimum absolute atomic E-state index is 0.0446. The van der Waals surface area contributed by atoms with Gasteiger partial charge in [-0.1, -0.05) is 23.8 Å². The molecule has 2 N–H and O–H groups in total. The van der Waals surface area contributed by atoms with E-state index in [-0.39, 0.29) is 11.9 Å². The van der Waals surface area contributed by atoms with E-state index in [1.165, 1.54) is 0 Å². The fourth-order valence-corrected chi connectivity index (χ4v) is 2.23. The molecule has 1 amide bonds. The van der Waals surface area contributed by atoms with Crippen LogP contribution in [0.4, 0.5) is 0 Å². The van der Waals surface area contributed by atoms with Gasteiger partial charge in [0.1, 0.15) is 0 Å². The highest BCUT2D eigenvalue weighted by Crippen LogP contribution is 2.17. The summed E-state index contributed by atoms with van der Waals surface area (Å²) < 4.78 is 0. The summed E-state index contributed by atoms with van der Waals surface area (Å²) in [6, 6.07) is 5.44. The Labute approximate surface area is 124 Å². The first-order chi connectivity index (χ1) is 8.81. The van der Waals surface area contributed by atoms with E-state index in [9.17, 15) is 4.79 Å². The summed E-state index contributed by atoms with van der Waals surface area (Å²) >= 11 is 10.9. The molecule has 0 unspecified atom stereocenters. The van der Waals surface area contributed by atoms with Crippen molar-refractivity contribution in [3.63, 3.8) is 0 Å². The van der Waals surface area contributed by atoms with E-state index in [1.54, 1.807) is 11.0 Å². The summed E-state index contributed by atoms with van der Waals surface area (Å²) in [7, 11) is 0. The van der Waals surface area contributed by atoms with Crippen LogP contribution >= 0.6 is 23.8 Å². The zero-order chi connectivity index (χ0) is 14.6. The first-order valence-electron chi connectivity index (χ1n) is 6.17. The van der Waals surface area contributed by atoms with Crippen molar-refractivity contribution in [3.05, 3.63) is 34.3 Å². The molecule has 0 saturated heterocycles. The summed E-state index contributed by atoms with van der Waals surface area (Å²) in [5, 5.41) is 0.571. The SMILES string of the molecule is Cc1cc(Cl)cc(C(=O)N(CCC(N)=S)C(C)C)c1. The summed E-state index contributed by atoms with van der Waals surface area (Å²) in [6.07, 6.45) is 0.527. The monoisotopic (exact) mass is 298 g/mol. The van der Waals surface area contributed by atoms with Gasteiger partial charge in [0, 0.05) is 29.6 Å². The molecule has 0 saturated carbocycles. The van der Waals surface area contributed by atoms with Gasteiger partial charge in [0.15, 0.2) is 0 Å². The Morgan fingerprint density at radius 2 is 2.05 bits per heavy atom. The number of rotatable bonds is 5. The topological polar surface area (TPSA) is 46.3 Å². The van der Waals surface area contributed by atoms with Crippen LogP contribution in [0, 0.1) is 6.92 Å². The molecule has 0 aromatic heterocycles. The van der Waals surface area contributed by atoms with Crippen molar-refractivity contribution in [1.82, 2.24) is 4.90 Å². The molecule has 3 nitrogen and oxygen atoms in total. The van der Waals surface area contributed by atoms with Crippen LogP contribution < -0.4 is 5.73 Å². The molecule has 5 heteroatoms. The third kappa shape index (κ3) is 4.80. The number of hydrogen-bond donors (Lipinski definition) is 1. The largest absolute Gasteiger partial charge is 0.393 e. The van der Waals surface area contributed by atoms with Crippen LogP contribution in [0.2, 0.25) is 5.02 Å². The van der Waals surface area contributed by atoms with Crippen LogP contribution in [0.1, 0.15) is 36.2 Å². The van der Waals surface area contributed by atoms with Gasteiger partial charge < -0.3 is 10.6 Å². The number of carbonyl (C=O) groups excluding carboxylic acids is 1. The molecule has 0 aliphatic rings. The maximum Gasteiger partial charge on any atom is 0.254 e. The molecule has 0 bridgehead atoms. The average Bonchev–Trinajstić information content (AvgIpc) is 2.26. The summed E-state index contributed by atoms with van der Waals surface area (Å²) in [6.45, 7) is 6.37. The standard InChI is InChI=1S/C14H19ClN2OS/c1-9(2)17(5-4-13(16)19)14(18)11-6-10(3)7-12(15)8-11/h6-9H,4-5H2,1-3H3,(H2,16,19). The van der Waals surface area contributed by atoms with E-state index in [0.717, 1.165) is 5.56 Å². The molecule has 0 spiro atoms. The lowest BCUT2D eigenvalue weighted by atomic mass is 10.1. The molecule has 0 atom stereocenters. The van der Waals surface area contributed by atoms with E-state index >= 15 is 0 Å². The first-order valence-corrected chi connectivity index (χ1v) is 6.96. The van der Waals surface area contributed by atoms with Crippen molar-refractivity contribution >= 4 is 34.7 Å². The molecule has 0 heterocycles. The third-order valence-corrected chi connectivity index (χ3v) is 3.19. The van der Waals surface area contributed by atoms with Gasteiger partial charge in [-0.2, -0.15) is 0 Å². The van der Waals surface area contributed by atoms with Crippen LogP contribution in [-0.4, -0.2) is 28.4 Å². The summed E-state index contributed by atoms with van der Waals surface area (Å²) in [4.78, 5) is 14.7. The summed E-state index contributed by atoms with van der Waals surface area (Å²) in [5.74, 6) is -0.0446. The molecule has 104 valence electrons. The minimum Gasteiger partial charge on any atom is -0.393 e. The van der Waals surface area contributed by atoms with Crippen LogP contribution in [0.3, 0.4) is 0 Å². The third-order valence-electron chi connectivity index (χ3n) is 2.77. The van der Waals surface area contributed by atoms with Gasteiger partial charge in [0.2, 0.25) is 0 Å². The van der Waals surface area contributed by atoms with Gasteiger partial charge in [0.05, 0.1) is 4.99 Å². The molecule has 1 aromatic carbocycles. The van der Waals surface area contributed by atoms with Crippen molar-refractivity contribution in [2.45, 2.75) is 33.2 Å². The molecule has 0 radical (unpaired) electrons. The quantitative estimate of drug-likeness (QED) is 0.849. The fourth-order valence-electron chi connectivity index (χ4n) is 1.85. The Morgan fingerprint density at radius 3 is 2.53 bits per heavy atom. The lowest BCUT2D eigenvalue weighted by Crippen LogP contribution is -2.39. The van der Waals surface area contributed by atoms with Crippen LogP contribution in [0.5, 0.6) is 0 Å². The highest BCUT2D eigenvalue weighted by Gasteiger charge is 2.19. The van der Waals surface area contributed by atoms with E-state index in [1.807, 2.05) is 32.9 Å². The zero-order valence-electron chi connectivity index (χ0n) is 11.4. The highest BCUT2D eigenvalue weighted by molar-refractivity contribution is 7.80. The van der Waals surface area contributed by atoms with Crippen molar-refractivity contribution in [2.24, 2.45) is 5.73 Å². The van der Waals surface area contributed by atoms with E-state index in [0.29, 0.717) is 28.5 Å². The van der Waals surface area contributed by atoms with Crippen molar-refractivity contribution < 1.29 is 4.79 Å². The molecule has 1 rings (SSSR count). The molecular formula is C14H19ClN2OS. The highest BCUT2D eigenvalue weighted by atomic mass is 35.5. The minimum atomic E-state index is -0.0446. The number of nitrogens with zero attached hydrogens (tertiary/aromatic N) is 1. The Morgan fingerprint density at radius 1 is 1.42 bits per heavy atom. The van der Waals surface area contributed by atoms with Gasteiger partial charge in [-0.25, -0.2) is 0 Å². The second-order valence-corrected chi connectivity index (χ2v) is 5.79. The number of hydrogen-bond acceptors (Lipinski definition) is 2. The summed E-state index contributed by atoms with van der Waals surface area (Å²) in [5.41, 5.74) is 7.07. The zero-order valence-corrected chi connectivity index (χ0v) is 13.0. The van der Waals surface area contributed by atoms with Crippen LogP contribution in [0.25, 0.3) is 0 Å². The number of halogens is 1. The molecule has 19 heavy (non-hydrogen) atoms. The number of aryl methyl sites for hydroxylation is 1. The Bertz CT molecular complexity index is 468. The number of amides is 1. The lowest BCUT2D eigenvalue weighted by Gasteiger charge is -2.27. The van der Waals surface area contributed by atoms with E-state index in [2.05, 4.69) is 0 Å². The van der Waals surface area contributed by atoms with Crippen molar-refractivity contribution in [3.8, 4) is 0 Å². The van der Waals surface area contributed by atoms with Gasteiger partial charge >= 0.3 is 0 Å². The van der Waals surface area contributed by atoms with Crippen LogP contribution in [-0.2, 0) is 0 Å². The van der Waals surface area contributed by atoms with Crippen molar-refractivity contribution in [1.29, 1.82) is 0 Å². The maximum atomic E-state index is 12.5. The Kier molecular flexibility index (Phi) is 5.76. The predicted octanol–water partition coefficient (Wildman–Crippen LogP) is 3.18. The molecular weight excluding hydrogens is 280 g/mol. The fraction of sp³-hybridized carbons (Fsp3) is 0.429. The molecule has 0 aliphatic heterocycles. The van der Waals surface area contributed by atoms with Gasteiger partial charge in [-0.05, 0) is 44.5 Å². The lowest BCUT2D eigenvalue weighted by molar-refractivity contribution is 0.0711. The molecule has 0 aliphatic carbocycles. The van der Waals surface area contributed by atoms with Gasteiger partial charge in [-0.15, -0.1) is 0 Å². The maximum absolute atomic E-state index is 12.5. The number of carbonyl (C=O) groups is 1. The number of nitrogens with two attached hydrogens (primary N) is 1. The second-order valence-electron chi connectivity index (χ2n) is 4.83. The Balaban J connectivity index is 2.95. The Hall–Kier alpha value is -1.13. The van der Waals surface area contributed by atoms with Crippen molar-refractivity contribution in [2.75, 3.05) is 6.54 Å². The predicted molar refractivity (Wildman–Crippen MR) is 83.8 cm³/mol. The first kappa shape index (κ1) is 15.9. The van der Waals surface area contributed by atoms with E-state index < -0.39 is 0 Å². The number of benzene rings is 1. The van der Waals surface area contributed by atoms with E-state index in [4.69, 9.17) is 29.6 Å². The van der Waals surface area contributed by atoms with Crippen LogP contribution in [0.15, 0.2) is 18.2 Å². The average molecular weight is 299 g/mol. The van der Waals surface area contributed by atoms with Gasteiger partial charge in [0.25, 0.3) is 5.91 Å². The normalized spacial score (nSPS) is 10.6. The van der Waals surface area contributed by atoms with Gasteiger partial charge in [-0.3, -0.25) is 4.79 Å². The smallest absolute Gasteiger partial charge is 0.254 e. The molecule has 1 aromatic rings. The number of thiocarbonyl (C=S) groups is 1.